The number of benzene rings is 1. The molecule has 0 saturated heterocycles. The summed E-state index contributed by atoms with van der Waals surface area (Å²) in [5, 5.41) is 0. The molecule has 1 atom stereocenters. The Labute approximate surface area is 146 Å². The molecule has 1 heterocycles. The van der Waals surface area contributed by atoms with Crippen molar-refractivity contribution in [2.75, 3.05) is 6.61 Å². The number of rotatable bonds is 4. The van der Waals surface area contributed by atoms with Crippen molar-refractivity contribution in [2.24, 2.45) is 17.8 Å². The van der Waals surface area contributed by atoms with E-state index in [1.165, 1.54) is 25.7 Å². The summed E-state index contributed by atoms with van der Waals surface area (Å²) in [5.74, 6) is -3.57. The van der Waals surface area contributed by atoms with Crippen LogP contribution in [0.5, 0.6) is 0 Å². The van der Waals surface area contributed by atoms with E-state index in [0.29, 0.717) is 12.5 Å². The highest BCUT2D eigenvalue weighted by atomic mass is 19.2. The number of halogens is 4. The van der Waals surface area contributed by atoms with Gasteiger partial charge in [0.1, 0.15) is 5.83 Å². The van der Waals surface area contributed by atoms with Crippen molar-refractivity contribution >= 4 is 5.76 Å². The van der Waals surface area contributed by atoms with Crippen LogP contribution in [0.2, 0.25) is 0 Å². The van der Waals surface area contributed by atoms with E-state index in [1.807, 2.05) is 0 Å². The summed E-state index contributed by atoms with van der Waals surface area (Å²) in [4.78, 5) is 0. The zero-order valence-electron chi connectivity index (χ0n) is 14.5. The van der Waals surface area contributed by atoms with Crippen molar-refractivity contribution in [1.29, 1.82) is 0 Å². The quantitative estimate of drug-likeness (QED) is 0.449. The zero-order chi connectivity index (χ0) is 18.0. The molecule has 1 aromatic rings. The van der Waals surface area contributed by atoms with Crippen molar-refractivity contribution in [1.82, 2.24) is 0 Å². The van der Waals surface area contributed by atoms with E-state index in [4.69, 9.17) is 4.74 Å². The second-order valence-electron chi connectivity index (χ2n) is 7.33. The maximum Gasteiger partial charge on any atom is 0.194 e. The minimum Gasteiger partial charge on any atom is -0.490 e. The van der Waals surface area contributed by atoms with Gasteiger partial charge in [-0.25, -0.2) is 17.6 Å². The Bertz CT molecular complexity index is 624. The van der Waals surface area contributed by atoms with Gasteiger partial charge in [-0.2, -0.15) is 0 Å². The second-order valence-corrected chi connectivity index (χ2v) is 7.33. The molecule has 0 amide bonds. The Kier molecular flexibility index (Phi) is 5.70. The topological polar surface area (TPSA) is 9.23 Å². The van der Waals surface area contributed by atoms with Crippen molar-refractivity contribution in [2.45, 2.75) is 51.9 Å². The molecule has 0 N–H and O–H groups in total. The summed E-state index contributed by atoms with van der Waals surface area (Å²) in [5.41, 5.74) is -0.0843. The average molecular weight is 356 g/mol. The van der Waals surface area contributed by atoms with E-state index in [2.05, 4.69) is 6.92 Å². The Morgan fingerprint density at radius 2 is 1.60 bits per heavy atom. The summed E-state index contributed by atoms with van der Waals surface area (Å²) in [6.07, 6.45) is 7.21. The number of ether oxygens (including phenoxy) is 1. The summed E-state index contributed by atoms with van der Waals surface area (Å²) in [7, 11) is 0. The largest absolute Gasteiger partial charge is 0.490 e. The lowest BCUT2D eigenvalue weighted by Gasteiger charge is -2.35. The van der Waals surface area contributed by atoms with Crippen LogP contribution in [0.3, 0.4) is 0 Å². The van der Waals surface area contributed by atoms with Crippen LogP contribution in [0.4, 0.5) is 17.6 Å². The highest BCUT2D eigenvalue weighted by Gasteiger charge is 2.33. The molecular formula is C20H24F4O. The van der Waals surface area contributed by atoms with Crippen molar-refractivity contribution < 1.29 is 22.3 Å². The van der Waals surface area contributed by atoms with Crippen LogP contribution in [0.1, 0.15) is 57.4 Å². The molecule has 5 heteroatoms. The van der Waals surface area contributed by atoms with Gasteiger partial charge < -0.3 is 4.74 Å². The summed E-state index contributed by atoms with van der Waals surface area (Å²) >= 11 is 0. The normalized spacial score (nSPS) is 27.3. The van der Waals surface area contributed by atoms with Gasteiger partial charge in [-0.15, -0.1) is 0 Å². The minimum absolute atomic E-state index is 0.0843. The molecule has 2 aliphatic rings. The second kappa shape index (κ2) is 7.79. The van der Waals surface area contributed by atoms with Crippen LogP contribution in [0, 0.1) is 35.2 Å². The predicted molar refractivity (Wildman–Crippen MR) is 88.8 cm³/mol. The first-order valence-corrected chi connectivity index (χ1v) is 9.16. The van der Waals surface area contributed by atoms with Gasteiger partial charge in [0.05, 0.1) is 6.61 Å². The summed E-state index contributed by atoms with van der Waals surface area (Å²) < 4.78 is 59.8. The Hall–Kier alpha value is -1.52. The lowest BCUT2D eigenvalue weighted by molar-refractivity contribution is 0.104. The molecule has 3 rings (SSSR count). The molecule has 1 fully saturated rings. The van der Waals surface area contributed by atoms with Gasteiger partial charge in [-0.05, 0) is 36.8 Å². The fraction of sp³-hybridized carbons (Fsp3) is 0.600. The number of allylic oxidation sites excluding steroid dienone is 1. The predicted octanol–water partition coefficient (Wildman–Crippen LogP) is 6.39. The van der Waals surface area contributed by atoms with Crippen LogP contribution in [0.25, 0.3) is 5.76 Å². The molecule has 0 bridgehead atoms. The molecule has 138 valence electrons. The van der Waals surface area contributed by atoms with E-state index < -0.39 is 23.3 Å². The molecule has 0 aromatic heterocycles. The van der Waals surface area contributed by atoms with Gasteiger partial charge in [-0.3, -0.25) is 0 Å². The Morgan fingerprint density at radius 1 is 0.960 bits per heavy atom. The minimum atomic E-state index is -1.55. The van der Waals surface area contributed by atoms with Crippen molar-refractivity contribution in [3.8, 4) is 0 Å². The van der Waals surface area contributed by atoms with Gasteiger partial charge in [0.15, 0.2) is 23.2 Å². The average Bonchev–Trinajstić information content (AvgIpc) is 2.60. The van der Waals surface area contributed by atoms with E-state index in [0.717, 1.165) is 30.9 Å². The molecular weight excluding hydrogens is 332 g/mol. The molecule has 1 saturated carbocycles. The molecule has 0 radical (unpaired) electrons. The molecule has 1 aromatic carbocycles. The third kappa shape index (κ3) is 4.01. The van der Waals surface area contributed by atoms with Crippen LogP contribution in [0.15, 0.2) is 18.0 Å². The van der Waals surface area contributed by atoms with Crippen molar-refractivity contribution in [3.05, 3.63) is 41.0 Å². The first-order chi connectivity index (χ1) is 12.0. The van der Waals surface area contributed by atoms with Gasteiger partial charge in [0.2, 0.25) is 0 Å². The molecule has 1 aliphatic heterocycles. The Morgan fingerprint density at radius 3 is 2.16 bits per heavy atom. The fourth-order valence-electron chi connectivity index (χ4n) is 4.24. The van der Waals surface area contributed by atoms with Crippen LogP contribution in [-0.4, -0.2) is 6.61 Å². The lowest BCUT2D eigenvalue weighted by Crippen LogP contribution is -2.27. The van der Waals surface area contributed by atoms with Gasteiger partial charge in [-0.1, -0.05) is 32.6 Å². The van der Waals surface area contributed by atoms with Crippen LogP contribution >= 0.6 is 0 Å². The fourth-order valence-corrected chi connectivity index (χ4v) is 4.24. The monoisotopic (exact) mass is 356 g/mol. The van der Waals surface area contributed by atoms with Gasteiger partial charge in [0, 0.05) is 17.9 Å². The maximum absolute atomic E-state index is 14.5. The van der Waals surface area contributed by atoms with Gasteiger partial charge >= 0.3 is 0 Å². The van der Waals surface area contributed by atoms with E-state index >= 15 is 0 Å². The third-order valence-corrected chi connectivity index (χ3v) is 5.63. The molecule has 1 unspecified atom stereocenters. The third-order valence-electron chi connectivity index (χ3n) is 5.63. The highest BCUT2D eigenvalue weighted by molar-refractivity contribution is 5.62. The molecule has 1 nitrogen and oxygen atoms in total. The van der Waals surface area contributed by atoms with Crippen molar-refractivity contribution in [3.63, 3.8) is 0 Å². The first-order valence-electron chi connectivity index (χ1n) is 9.16. The lowest BCUT2D eigenvalue weighted by atomic mass is 9.73. The van der Waals surface area contributed by atoms with Crippen LogP contribution in [-0.2, 0) is 4.74 Å². The molecule has 25 heavy (non-hydrogen) atoms. The molecule has 0 spiro atoms. The summed E-state index contributed by atoms with van der Waals surface area (Å²) in [6.45, 7) is 2.54. The van der Waals surface area contributed by atoms with E-state index in [1.54, 1.807) is 0 Å². The smallest absolute Gasteiger partial charge is 0.194 e. The highest BCUT2D eigenvalue weighted by Crippen LogP contribution is 2.41. The van der Waals surface area contributed by atoms with Crippen LogP contribution < -0.4 is 0 Å². The SMILES string of the molecule is CCCC1CCC(C2COC(c3cc(F)c(F)c(F)c3)=C(F)C2)CC1. The summed E-state index contributed by atoms with van der Waals surface area (Å²) in [6, 6.07) is 1.56. The standard InChI is InChI=1S/C20H24F4O/c1-2-3-12-4-6-13(7-5-12)15-10-18(23)20(25-11-15)14-8-16(21)19(24)17(22)9-14/h8-9,12-13,15H,2-7,10-11H2,1H3. The van der Waals surface area contributed by atoms with Gasteiger partial charge in [0.25, 0.3) is 0 Å². The van der Waals surface area contributed by atoms with E-state index in [9.17, 15) is 17.6 Å². The maximum atomic E-state index is 14.5. The number of hydrogen-bond donors (Lipinski definition) is 0. The Balaban J connectivity index is 1.68. The first kappa shape index (κ1) is 18.3. The number of hydrogen-bond acceptors (Lipinski definition) is 1. The zero-order valence-corrected chi connectivity index (χ0v) is 14.5. The van der Waals surface area contributed by atoms with E-state index in [-0.39, 0.29) is 23.7 Å². The molecule has 1 aliphatic carbocycles.